The molecule has 3 heteroatoms. The van der Waals surface area contributed by atoms with Crippen molar-refractivity contribution in [3.8, 4) is 11.1 Å². The van der Waals surface area contributed by atoms with E-state index in [2.05, 4.69) is 17.7 Å². The molecule has 2 rings (SSSR count). The highest BCUT2D eigenvalue weighted by Gasteiger charge is 2.05. The van der Waals surface area contributed by atoms with E-state index in [1.165, 1.54) is 11.1 Å². The van der Waals surface area contributed by atoms with E-state index in [4.69, 9.17) is 5.11 Å². The van der Waals surface area contributed by atoms with Gasteiger partial charge in [-0.25, -0.2) is 4.79 Å². The topological polar surface area (TPSA) is 37.3 Å². The van der Waals surface area contributed by atoms with Gasteiger partial charge in [-0.3, -0.25) is 0 Å². The number of rotatable bonds is 2. The normalized spacial score (nSPS) is 10.2. The molecule has 0 radical (unpaired) electrons. The first-order valence-corrected chi connectivity index (χ1v) is 5.49. The molecule has 0 aliphatic carbocycles. The molecule has 0 unspecified atom stereocenters. The Balaban J connectivity index is 2.40. The SMILES string of the molecule is Cc1cscc1-c1ccc(C(=O)O)cc1. The van der Waals surface area contributed by atoms with Crippen molar-refractivity contribution in [2.75, 3.05) is 0 Å². The molecule has 15 heavy (non-hydrogen) atoms. The van der Waals surface area contributed by atoms with Crippen LogP contribution in [0.5, 0.6) is 0 Å². The molecule has 0 bridgehead atoms. The fourth-order valence-corrected chi connectivity index (χ4v) is 2.31. The Labute approximate surface area is 91.8 Å². The van der Waals surface area contributed by atoms with Gasteiger partial charge >= 0.3 is 5.97 Å². The minimum absolute atomic E-state index is 0.326. The van der Waals surface area contributed by atoms with Crippen molar-refractivity contribution in [3.63, 3.8) is 0 Å². The van der Waals surface area contributed by atoms with Crippen molar-refractivity contribution < 1.29 is 9.90 Å². The second kappa shape index (κ2) is 3.87. The highest BCUT2D eigenvalue weighted by molar-refractivity contribution is 7.08. The summed E-state index contributed by atoms with van der Waals surface area (Å²) < 4.78 is 0. The Hall–Kier alpha value is -1.61. The Morgan fingerprint density at radius 3 is 2.33 bits per heavy atom. The van der Waals surface area contributed by atoms with E-state index in [1.54, 1.807) is 23.5 Å². The molecular weight excluding hydrogens is 208 g/mol. The van der Waals surface area contributed by atoms with Gasteiger partial charge in [-0.05, 0) is 46.5 Å². The maximum Gasteiger partial charge on any atom is 0.335 e. The molecule has 1 heterocycles. The lowest BCUT2D eigenvalue weighted by molar-refractivity contribution is 0.0697. The highest BCUT2D eigenvalue weighted by Crippen LogP contribution is 2.26. The molecule has 0 saturated heterocycles. The number of carbonyl (C=O) groups is 1. The van der Waals surface area contributed by atoms with E-state index in [0.29, 0.717) is 5.56 Å². The van der Waals surface area contributed by atoms with E-state index in [1.807, 2.05) is 12.1 Å². The molecule has 1 aromatic carbocycles. The van der Waals surface area contributed by atoms with Gasteiger partial charge in [0.05, 0.1) is 5.56 Å². The summed E-state index contributed by atoms with van der Waals surface area (Å²) in [4.78, 5) is 10.7. The van der Waals surface area contributed by atoms with Gasteiger partial charge in [-0.1, -0.05) is 12.1 Å². The molecule has 0 amide bonds. The van der Waals surface area contributed by atoms with Crippen LogP contribution in [0.15, 0.2) is 35.0 Å². The third-order valence-electron chi connectivity index (χ3n) is 2.30. The van der Waals surface area contributed by atoms with Crippen LogP contribution in [-0.2, 0) is 0 Å². The van der Waals surface area contributed by atoms with Gasteiger partial charge in [0.25, 0.3) is 0 Å². The summed E-state index contributed by atoms with van der Waals surface area (Å²) in [6.07, 6.45) is 0. The number of hydrogen-bond acceptors (Lipinski definition) is 2. The molecule has 1 N–H and O–H groups in total. The minimum Gasteiger partial charge on any atom is -0.478 e. The van der Waals surface area contributed by atoms with Crippen molar-refractivity contribution in [1.29, 1.82) is 0 Å². The van der Waals surface area contributed by atoms with Gasteiger partial charge in [0.15, 0.2) is 0 Å². The zero-order chi connectivity index (χ0) is 10.8. The van der Waals surface area contributed by atoms with Crippen LogP contribution in [0.3, 0.4) is 0 Å². The predicted octanol–water partition coefficient (Wildman–Crippen LogP) is 3.42. The third kappa shape index (κ3) is 1.92. The van der Waals surface area contributed by atoms with Crippen LogP contribution in [0, 0.1) is 6.92 Å². The van der Waals surface area contributed by atoms with Crippen LogP contribution < -0.4 is 0 Å². The first-order valence-electron chi connectivity index (χ1n) is 4.55. The first kappa shape index (κ1) is 9.93. The molecule has 0 aliphatic rings. The van der Waals surface area contributed by atoms with Crippen LogP contribution in [0.25, 0.3) is 11.1 Å². The Morgan fingerprint density at radius 2 is 1.87 bits per heavy atom. The predicted molar refractivity (Wildman–Crippen MR) is 61.5 cm³/mol. The third-order valence-corrected chi connectivity index (χ3v) is 3.16. The van der Waals surface area contributed by atoms with Crippen molar-refractivity contribution in [2.24, 2.45) is 0 Å². The quantitative estimate of drug-likeness (QED) is 0.838. The lowest BCUT2D eigenvalue weighted by Crippen LogP contribution is -1.94. The average molecular weight is 218 g/mol. The Bertz CT molecular complexity index is 483. The minimum atomic E-state index is -0.886. The summed E-state index contributed by atoms with van der Waals surface area (Å²) in [6, 6.07) is 6.96. The molecular formula is C12H10O2S. The summed E-state index contributed by atoms with van der Waals surface area (Å²) in [7, 11) is 0. The van der Waals surface area contributed by atoms with Crippen molar-refractivity contribution in [1.82, 2.24) is 0 Å². The lowest BCUT2D eigenvalue weighted by atomic mass is 10.0. The van der Waals surface area contributed by atoms with Gasteiger partial charge < -0.3 is 5.11 Å². The molecule has 76 valence electrons. The Morgan fingerprint density at radius 1 is 1.20 bits per heavy atom. The number of benzene rings is 1. The summed E-state index contributed by atoms with van der Waals surface area (Å²) >= 11 is 1.66. The smallest absolute Gasteiger partial charge is 0.335 e. The molecule has 0 fully saturated rings. The molecule has 2 nitrogen and oxygen atoms in total. The van der Waals surface area contributed by atoms with Gasteiger partial charge in [-0.15, -0.1) is 0 Å². The number of hydrogen-bond donors (Lipinski definition) is 1. The van der Waals surface area contributed by atoms with Gasteiger partial charge in [-0.2, -0.15) is 11.3 Å². The van der Waals surface area contributed by atoms with E-state index in [0.717, 1.165) is 5.56 Å². The lowest BCUT2D eigenvalue weighted by Gasteiger charge is -2.00. The Kier molecular flexibility index (Phi) is 2.56. The fourth-order valence-electron chi connectivity index (χ4n) is 1.45. The fraction of sp³-hybridized carbons (Fsp3) is 0.0833. The monoisotopic (exact) mass is 218 g/mol. The van der Waals surface area contributed by atoms with Crippen molar-refractivity contribution in [3.05, 3.63) is 46.2 Å². The van der Waals surface area contributed by atoms with E-state index in [9.17, 15) is 4.79 Å². The molecule has 2 aromatic rings. The van der Waals surface area contributed by atoms with Crippen LogP contribution in [0.4, 0.5) is 0 Å². The van der Waals surface area contributed by atoms with Crippen LogP contribution in [0.1, 0.15) is 15.9 Å². The molecule has 0 atom stereocenters. The van der Waals surface area contributed by atoms with E-state index >= 15 is 0 Å². The van der Waals surface area contributed by atoms with Crippen LogP contribution in [0.2, 0.25) is 0 Å². The zero-order valence-electron chi connectivity index (χ0n) is 8.23. The van der Waals surface area contributed by atoms with E-state index in [-0.39, 0.29) is 0 Å². The molecule has 0 saturated carbocycles. The van der Waals surface area contributed by atoms with E-state index < -0.39 is 5.97 Å². The summed E-state index contributed by atoms with van der Waals surface area (Å²) in [5.74, 6) is -0.886. The van der Waals surface area contributed by atoms with Crippen LogP contribution in [-0.4, -0.2) is 11.1 Å². The average Bonchev–Trinajstić information content (AvgIpc) is 2.65. The van der Waals surface area contributed by atoms with Gasteiger partial charge in [0.1, 0.15) is 0 Å². The summed E-state index contributed by atoms with van der Waals surface area (Å²) in [6.45, 7) is 2.05. The zero-order valence-corrected chi connectivity index (χ0v) is 9.04. The number of carboxylic acid groups (broad SMARTS) is 1. The maximum absolute atomic E-state index is 10.7. The molecule has 0 spiro atoms. The van der Waals surface area contributed by atoms with Crippen LogP contribution >= 0.6 is 11.3 Å². The van der Waals surface area contributed by atoms with Crippen molar-refractivity contribution in [2.45, 2.75) is 6.92 Å². The first-order chi connectivity index (χ1) is 7.18. The standard InChI is InChI=1S/C12H10O2S/c1-8-6-15-7-11(8)9-2-4-10(5-3-9)12(13)14/h2-7H,1H3,(H,13,14). The number of thiophene rings is 1. The van der Waals surface area contributed by atoms with Gasteiger partial charge in [0, 0.05) is 0 Å². The summed E-state index contributed by atoms with van der Waals surface area (Å²) in [5, 5.41) is 12.9. The van der Waals surface area contributed by atoms with Crippen molar-refractivity contribution >= 4 is 17.3 Å². The second-order valence-corrected chi connectivity index (χ2v) is 4.09. The second-order valence-electron chi connectivity index (χ2n) is 3.35. The number of aromatic carboxylic acids is 1. The number of aryl methyl sites for hydroxylation is 1. The summed E-state index contributed by atoms with van der Waals surface area (Å²) in [5.41, 5.74) is 3.80. The maximum atomic E-state index is 10.7. The number of carboxylic acids is 1. The molecule has 1 aromatic heterocycles. The largest absolute Gasteiger partial charge is 0.478 e. The van der Waals surface area contributed by atoms with Gasteiger partial charge in [0.2, 0.25) is 0 Å². The highest BCUT2D eigenvalue weighted by atomic mass is 32.1. The molecule has 0 aliphatic heterocycles.